The van der Waals surface area contributed by atoms with Crippen molar-refractivity contribution in [3.63, 3.8) is 0 Å². The van der Waals surface area contributed by atoms with E-state index in [1.807, 2.05) is 0 Å². The number of carbonyl (C=O) groups excluding carboxylic acids is 1. The molecular formula is C15H14N6O4. The Labute approximate surface area is 141 Å². The Morgan fingerprint density at radius 2 is 2.04 bits per heavy atom. The van der Waals surface area contributed by atoms with Gasteiger partial charge < -0.3 is 10.1 Å². The van der Waals surface area contributed by atoms with Crippen molar-refractivity contribution in [2.45, 2.75) is 6.67 Å². The number of nitrogens with one attached hydrogen (secondary N) is 1. The molecule has 0 radical (unpaired) electrons. The maximum absolute atomic E-state index is 12.2. The van der Waals surface area contributed by atoms with Crippen LogP contribution in [0, 0.1) is 10.1 Å². The summed E-state index contributed by atoms with van der Waals surface area (Å²) in [5.74, 6) is 0.325. The zero-order valence-corrected chi connectivity index (χ0v) is 13.2. The van der Waals surface area contributed by atoms with Crippen molar-refractivity contribution in [2.75, 3.05) is 12.4 Å². The number of hydrogen-bond acceptors (Lipinski definition) is 6. The molecule has 128 valence electrons. The van der Waals surface area contributed by atoms with Gasteiger partial charge in [0.2, 0.25) is 0 Å². The molecule has 0 unspecified atom stereocenters. The van der Waals surface area contributed by atoms with E-state index in [9.17, 15) is 14.9 Å². The van der Waals surface area contributed by atoms with Gasteiger partial charge >= 0.3 is 5.69 Å². The van der Waals surface area contributed by atoms with Gasteiger partial charge in [-0.3, -0.25) is 19.6 Å². The summed E-state index contributed by atoms with van der Waals surface area (Å²) in [6.45, 7) is 0.156. The van der Waals surface area contributed by atoms with Crippen molar-refractivity contribution in [2.24, 2.45) is 0 Å². The molecule has 10 heteroatoms. The van der Waals surface area contributed by atoms with Crippen LogP contribution in [0.5, 0.6) is 5.75 Å². The third kappa shape index (κ3) is 3.80. The number of amides is 1. The Balaban J connectivity index is 1.65. The van der Waals surface area contributed by atoms with Crippen molar-refractivity contribution in [1.29, 1.82) is 0 Å². The summed E-state index contributed by atoms with van der Waals surface area (Å²) in [6, 6.07) is 8.46. The molecule has 0 saturated carbocycles. The summed E-state index contributed by atoms with van der Waals surface area (Å²) in [7, 11) is 1.56. The van der Waals surface area contributed by atoms with E-state index in [1.165, 1.54) is 15.6 Å². The predicted octanol–water partition coefficient (Wildman–Crippen LogP) is 1.75. The molecule has 10 nitrogen and oxygen atoms in total. The summed E-state index contributed by atoms with van der Waals surface area (Å²) >= 11 is 0. The molecule has 0 aliphatic rings. The average molecular weight is 342 g/mol. The van der Waals surface area contributed by atoms with Crippen LogP contribution in [-0.2, 0) is 6.67 Å². The molecule has 2 heterocycles. The second kappa shape index (κ2) is 6.83. The van der Waals surface area contributed by atoms with E-state index in [-0.39, 0.29) is 24.0 Å². The molecule has 0 fully saturated rings. The number of aromatic nitrogens is 4. The zero-order valence-electron chi connectivity index (χ0n) is 13.2. The topological polar surface area (TPSA) is 117 Å². The zero-order chi connectivity index (χ0) is 17.8. The number of rotatable bonds is 6. The van der Waals surface area contributed by atoms with Crippen LogP contribution in [0.15, 0.2) is 48.9 Å². The standard InChI is InChI=1S/C15H14N6O4/c1-25-13-4-2-11(3-5-13)17-15(22)14-6-7-19(18-14)10-20-9-12(8-16-20)21(23)24/h2-9H,10H2,1H3,(H,17,22). The Kier molecular flexibility index (Phi) is 4.42. The minimum absolute atomic E-state index is 0.107. The van der Waals surface area contributed by atoms with Crippen LogP contribution in [0.1, 0.15) is 10.5 Å². The fraction of sp³-hybridized carbons (Fsp3) is 0.133. The molecule has 2 aromatic heterocycles. The molecule has 1 amide bonds. The van der Waals surface area contributed by atoms with Gasteiger partial charge in [0.05, 0.1) is 12.0 Å². The largest absolute Gasteiger partial charge is 0.497 e. The number of carbonyl (C=O) groups is 1. The van der Waals surface area contributed by atoms with Gasteiger partial charge in [0.15, 0.2) is 5.69 Å². The van der Waals surface area contributed by atoms with Crippen molar-refractivity contribution < 1.29 is 14.5 Å². The first-order valence-electron chi connectivity index (χ1n) is 7.21. The van der Waals surface area contributed by atoms with Gasteiger partial charge in [0, 0.05) is 11.9 Å². The second-order valence-electron chi connectivity index (χ2n) is 5.06. The highest BCUT2D eigenvalue weighted by Gasteiger charge is 2.12. The summed E-state index contributed by atoms with van der Waals surface area (Å²) in [4.78, 5) is 22.3. The first kappa shape index (κ1) is 16.2. The minimum atomic E-state index is -0.527. The monoisotopic (exact) mass is 342 g/mol. The molecule has 0 spiro atoms. The molecule has 0 saturated heterocycles. The van der Waals surface area contributed by atoms with Gasteiger partial charge in [0.25, 0.3) is 5.91 Å². The highest BCUT2D eigenvalue weighted by Crippen LogP contribution is 2.15. The van der Waals surface area contributed by atoms with E-state index in [0.29, 0.717) is 11.4 Å². The number of hydrogen-bond donors (Lipinski definition) is 1. The van der Waals surface area contributed by atoms with Gasteiger partial charge in [-0.15, -0.1) is 0 Å². The lowest BCUT2D eigenvalue weighted by molar-refractivity contribution is -0.385. The Bertz CT molecular complexity index is 899. The van der Waals surface area contributed by atoms with Gasteiger partial charge in [-0.05, 0) is 30.3 Å². The lowest BCUT2D eigenvalue weighted by Gasteiger charge is -2.05. The molecule has 0 aliphatic heterocycles. The van der Waals surface area contributed by atoms with Gasteiger partial charge in [-0.2, -0.15) is 10.2 Å². The quantitative estimate of drug-likeness (QED) is 0.539. The van der Waals surface area contributed by atoms with Crippen LogP contribution in [0.25, 0.3) is 0 Å². The molecule has 0 bridgehead atoms. The van der Waals surface area contributed by atoms with Crippen molar-refractivity contribution in [3.05, 3.63) is 64.7 Å². The van der Waals surface area contributed by atoms with E-state index >= 15 is 0 Å². The first-order valence-corrected chi connectivity index (χ1v) is 7.21. The van der Waals surface area contributed by atoms with Crippen LogP contribution in [0.3, 0.4) is 0 Å². The van der Waals surface area contributed by atoms with E-state index in [2.05, 4.69) is 15.5 Å². The molecule has 1 aromatic carbocycles. The van der Waals surface area contributed by atoms with Crippen molar-refractivity contribution in [3.8, 4) is 5.75 Å². The maximum atomic E-state index is 12.2. The number of nitrogens with zero attached hydrogens (tertiary/aromatic N) is 5. The third-order valence-electron chi connectivity index (χ3n) is 3.34. The number of anilines is 1. The fourth-order valence-electron chi connectivity index (χ4n) is 2.10. The van der Waals surface area contributed by atoms with E-state index in [0.717, 1.165) is 6.20 Å². The molecule has 0 aliphatic carbocycles. The Hall–Kier alpha value is -3.69. The lowest BCUT2D eigenvalue weighted by Crippen LogP contribution is -2.14. The Morgan fingerprint density at radius 3 is 2.68 bits per heavy atom. The normalized spacial score (nSPS) is 10.4. The predicted molar refractivity (Wildman–Crippen MR) is 87.5 cm³/mol. The summed E-state index contributed by atoms with van der Waals surface area (Å²) in [5.41, 5.74) is 0.727. The molecule has 25 heavy (non-hydrogen) atoms. The fourth-order valence-corrected chi connectivity index (χ4v) is 2.10. The summed E-state index contributed by atoms with van der Waals surface area (Å²) < 4.78 is 7.87. The number of benzene rings is 1. The SMILES string of the molecule is COc1ccc(NC(=O)c2ccn(Cn3cc([N+](=O)[O-])cn3)n2)cc1. The average Bonchev–Trinajstić information content (AvgIpc) is 3.26. The second-order valence-corrected chi connectivity index (χ2v) is 5.06. The molecule has 1 N–H and O–H groups in total. The summed E-state index contributed by atoms with van der Waals surface area (Å²) in [6.07, 6.45) is 4.04. The maximum Gasteiger partial charge on any atom is 0.307 e. The molecule has 0 atom stereocenters. The number of ether oxygens (including phenoxy) is 1. The number of nitro groups is 1. The van der Waals surface area contributed by atoms with E-state index in [4.69, 9.17) is 4.74 Å². The molecular weight excluding hydrogens is 328 g/mol. The van der Waals surface area contributed by atoms with Crippen LogP contribution in [0.4, 0.5) is 11.4 Å². The highest BCUT2D eigenvalue weighted by molar-refractivity contribution is 6.02. The third-order valence-corrected chi connectivity index (χ3v) is 3.34. The van der Waals surface area contributed by atoms with Gasteiger partial charge in [0.1, 0.15) is 24.8 Å². The molecule has 3 rings (SSSR count). The van der Waals surface area contributed by atoms with Crippen LogP contribution in [-0.4, -0.2) is 37.5 Å². The Morgan fingerprint density at radius 1 is 1.28 bits per heavy atom. The minimum Gasteiger partial charge on any atom is -0.497 e. The summed E-state index contributed by atoms with van der Waals surface area (Å²) in [5, 5.41) is 21.4. The van der Waals surface area contributed by atoms with Gasteiger partial charge in [-0.1, -0.05) is 0 Å². The van der Waals surface area contributed by atoms with Crippen molar-refractivity contribution >= 4 is 17.3 Å². The van der Waals surface area contributed by atoms with E-state index in [1.54, 1.807) is 43.6 Å². The molecule has 3 aromatic rings. The number of methoxy groups -OCH3 is 1. The smallest absolute Gasteiger partial charge is 0.307 e. The first-order chi connectivity index (χ1) is 12.0. The van der Waals surface area contributed by atoms with Crippen LogP contribution >= 0.6 is 0 Å². The lowest BCUT2D eigenvalue weighted by atomic mass is 10.3. The van der Waals surface area contributed by atoms with Crippen LogP contribution < -0.4 is 10.1 Å². The highest BCUT2D eigenvalue weighted by atomic mass is 16.6. The van der Waals surface area contributed by atoms with Gasteiger partial charge in [-0.25, -0.2) is 4.68 Å². The van der Waals surface area contributed by atoms with Crippen LogP contribution in [0.2, 0.25) is 0 Å². The van der Waals surface area contributed by atoms with Crippen molar-refractivity contribution in [1.82, 2.24) is 19.6 Å². The van der Waals surface area contributed by atoms with E-state index < -0.39 is 4.92 Å².